The molecule has 96 valence electrons. The number of hydrogen-bond donors (Lipinski definition) is 1. The highest BCUT2D eigenvalue weighted by atomic mass is 32.2. The maximum absolute atomic E-state index is 11.8. The van der Waals surface area contributed by atoms with Crippen LogP contribution in [0.4, 0.5) is 0 Å². The van der Waals surface area contributed by atoms with Crippen molar-refractivity contribution in [1.29, 1.82) is 5.26 Å². The quantitative estimate of drug-likeness (QED) is 0.793. The van der Waals surface area contributed by atoms with Gasteiger partial charge in [0.25, 0.3) is 0 Å². The Morgan fingerprint density at radius 1 is 1.78 bits per heavy atom. The third kappa shape index (κ3) is 2.82. The maximum Gasteiger partial charge on any atom is 0.231 e. The summed E-state index contributed by atoms with van der Waals surface area (Å²) in [4.78, 5) is 15.8. The predicted octanol–water partition coefficient (Wildman–Crippen LogP) is 0.716. The Bertz CT molecular complexity index is 490. The second-order valence-corrected chi connectivity index (χ2v) is 5.53. The molecule has 0 spiro atoms. The minimum Gasteiger partial charge on any atom is -0.337 e. The van der Waals surface area contributed by atoms with E-state index in [2.05, 4.69) is 21.5 Å². The number of nitriles is 1. The average Bonchev–Trinajstić information content (AvgIpc) is 3.12. The monoisotopic (exact) mass is 265 g/mol. The Labute approximate surface area is 110 Å². The van der Waals surface area contributed by atoms with Crippen molar-refractivity contribution in [3.63, 3.8) is 0 Å². The Kier molecular flexibility index (Phi) is 3.57. The highest BCUT2D eigenvalue weighted by Gasteiger charge is 2.42. The van der Waals surface area contributed by atoms with E-state index in [1.165, 1.54) is 18.1 Å². The molecular weight excluding hydrogens is 250 g/mol. The number of carbonyl (C=O) groups is 1. The molecule has 0 unspecified atom stereocenters. The number of rotatable bonds is 5. The maximum atomic E-state index is 11.8. The minimum absolute atomic E-state index is 0.140. The molecule has 1 aliphatic carbocycles. The third-order valence-corrected chi connectivity index (χ3v) is 4.06. The molecule has 7 heteroatoms. The van der Waals surface area contributed by atoms with E-state index in [1.807, 2.05) is 0 Å². The zero-order chi connectivity index (χ0) is 13.2. The standard InChI is InChI=1S/C11H15N5OS/c1-11(6-12,8-3-4-8)15-9(17)5-18-10-13-7-14-16(10)2/h7-8H,3-5H2,1-2H3,(H,15,17)/t11-/m1/s1. The van der Waals surface area contributed by atoms with Crippen LogP contribution in [0.3, 0.4) is 0 Å². The Hall–Kier alpha value is -1.55. The van der Waals surface area contributed by atoms with Gasteiger partial charge < -0.3 is 5.32 Å². The number of thioether (sulfide) groups is 1. The second-order valence-electron chi connectivity index (χ2n) is 4.59. The van der Waals surface area contributed by atoms with Crippen molar-refractivity contribution in [3.05, 3.63) is 6.33 Å². The lowest BCUT2D eigenvalue weighted by Gasteiger charge is -2.22. The Morgan fingerprint density at radius 3 is 3.00 bits per heavy atom. The van der Waals surface area contributed by atoms with Crippen molar-refractivity contribution >= 4 is 17.7 Å². The van der Waals surface area contributed by atoms with Crippen LogP contribution in [0.2, 0.25) is 0 Å². The van der Waals surface area contributed by atoms with Gasteiger partial charge in [-0.15, -0.1) is 0 Å². The summed E-state index contributed by atoms with van der Waals surface area (Å²) in [7, 11) is 1.77. The summed E-state index contributed by atoms with van der Waals surface area (Å²) in [5.74, 6) is 0.404. The van der Waals surface area contributed by atoms with Crippen LogP contribution >= 0.6 is 11.8 Å². The SMILES string of the molecule is Cn1ncnc1SCC(=O)N[C@](C)(C#N)C1CC1. The van der Waals surface area contributed by atoms with Gasteiger partial charge in [0.1, 0.15) is 11.9 Å². The fourth-order valence-corrected chi connectivity index (χ4v) is 2.44. The molecular formula is C11H15N5OS. The van der Waals surface area contributed by atoms with E-state index in [0.29, 0.717) is 11.1 Å². The van der Waals surface area contributed by atoms with Gasteiger partial charge in [0, 0.05) is 7.05 Å². The summed E-state index contributed by atoms with van der Waals surface area (Å²) in [6.45, 7) is 1.79. The molecule has 1 aromatic rings. The molecule has 6 nitrogen and oxygen atoms in total. The summed E-state index contributed by atoms with van der Waals surface area (Å²) < 4.78 is 1.61. The van der Waals surface area contributed by atoms with Gasteiger partial charge in [-0.05, 0) is 25.7 Å². The Balaban J connectivity index is 1.86. The topological polar surface area (TPSA) is 83.6 Å². The highest BCUT2D eigenvalue weighted by Crippen LogP contribution is 2.39. The van der Waals surface area contributed by atoms with Crippen molar-refractivity contribution in [2.75, 3.05) is 5.75 Å². The second kappa shape index (κ2) is 4.98. The van der Waals surface area contributed by atoms with Gasteiger partial charge >= 0.3 is 0 Å². The molecule has 1 aromatic heterocycles. The molecule has 1 fully saturated rings. The number of nitrogens with zero attached hydrogens (tertiary/aromatic N) is 4. The number of aromatic nitrogens is 3. The van der Waals surface area contributed by atoms with Crippen molar-refractivity contribution in [1.82, 2.24) is 20.1 Å². The van der Waals surface area contributed by atoms with E-state index in [4.69, 9.17) is 5.26 Å². The lowest BCUT2D eigenvalue weighted by molar-refractivity contribution is -0.119. The van der Waals surface area contributed by atoms with E-state index in [-0.39, 0.29) is 11.7 Å². The summed E-state index contributed by atoms with van der Waals surface area (Å²) >= 11 is 1.31. The van der Waals surface area contributed by atoms with Crippen molar-refractivity contribution < 1.29 is 4.79 Å². The molecule has 1 N–H and O–H groups in total. The van der Waals surface area contributed by atoms with Crippen LogP contribution in [0, 0.1) is 17.2 Å². The molecule has 2 rings (SSSR count). The van der Waals surface area contributed by atoms with E-state index in [0.717, 1.165) is 12.8 Å². The first-order valence-corrected chi connectivity index (χ1v) is 6.73. The number of hydrogen-bond acceptors (Lipinski definition) is 5. The zero-order valence-electron chi connectivity index (χ0n) is 10.4. The van der Waals surface area contributed by atoms with Crippen molar-refractivity contribution in [3.8, 4) is 6.07 Å². The van der Waals surface area contributed by atoms with Crippen molar-refractivity contribution in [2.45, 2.75) is 30.5 Å². The van der Waals surface area contributed by atoms with Gasteiger partial charge in [-0.3, -0.25) is 4.79 Å². The highest BCUT2D eigenvalue weighted by molar-refractivity contribution is 7.99. The summed E-state index contributed by atoms with van der Waals surface area (Å²) in [5.41, 5.74) is -0.725. The van der Waals surface area contributed by atoms with E-state index in [9.17, 15) is 4.79 Å². The van der Waals surface area contributed by atoms with Gasteiger partial charge in [0.15, 0.2) is 5.16 Å². The van der Waals surface area contributed by atoms with Crippen LogP contribution in [0.1, 0.15) is 19.8 Å². The molecule has 0 aromatic carbocycles. The summed E-state index contributed by atoms with van der Waals surface area (Å²) in [6.07, 6.45) is 3.48. The lowest BCUT2D eigenvalue weighted by atomic mass is 9.98. The molecule has 1 amide bonds. The summed E-state index contributed by atoms with van der Waals surface area (Å²) in [6, 6.07) is 2.20. The molecule has 0 radical (unpaired) electrons. The first-order valence-electron chi connectivity index (χ1n) is 5.74. The van der Waals surface area contributed by atoms with Crippen LogP contribution in [0.15, 0.2) is 11.5 Å². The largest absolute Gasteiger partial charge is 0.337 e. The molecule has 1 saturated carbocycles. The van der Waals surface area contributed by atoms with Gasteiger partial charge in [0.2, 0.25) is 5.91 Å². The third-order valence-electron chi connectivity index (χ3n) is 3.03. The number of aryl methyl sites for hydroxylation is 1. The fourth-order valence-electron chi connectivity index (χ4n) is 1.75. The molecule has 0 aliphatic heterocycles. The predicted molar refractivity (Wildman–Crippen MR) is 66.6 cm³/mol. The zero-order valence-corrected chi connectivity index (χ0v) is 11.2. The minimum atomic E-state index is -0.725. The van der Waals surface area contributed by atoms with Crippen LogP contribution in [0.5, 0.6) is 0 Å². The van der Waals surface area contributed by atoms with Crippen molar-refractivity contribution in [2.24, 2.45) is 13.0 Å². The molecule has 1 heterocycles. The smallest absolute Gasteiger partial charge is 0.231 e. The fraction of sp³-hybridized carbons (Fsp3) is 0.636. The van der Waals surface area contributed by atoms with Gasteiger partial charge in [-0.25, -0.2) is 9.67 Å². The van der Waals surface area contributed by atoms with Crippen LogP contribution in [-0.4, -0.2) is 32.0 Å². The number of carbonyl (C=O) groups excluding carboxylic acids is 1. The number of amides is 1. The molecule has 1 atom stereocenters. The Morgan fingerprint density at radius 2 is 2.50 bits per heavy atom. The van der Waals surface area contributed by atoms with Crippen LogP contribution in [-0.2, 0) is 11.8 Å². The molecule has 0 saturated heterocycles. The number of nitrogens with one attached hydrogen (secondary N) is 1. The molecule has 0 bridgehead atoms. The lowest BCUT2D eigenvalue weighted by Crippen LogP contribution is -2.47. The van der Waals surface area contributed by atoms with Gasteiger partial charge in [-0.2, -0.15) is 10.4 Å². The van der Waals surface area contributed by atoms with E-state index < -0.39 is 5.54 Å². The summed E-state index contributed by atoms with van der Waals surface area (Å²) in [5, 5.41) is 16.6. The van der Waals surface area contributed by atoms with E-state index in [1.54, 1.807) is 18.7 Å². The van der Waals surface area contributed by atoms with E-state index >= 15 is 0 Å². The van der Waals surface area contributed by atoms with Gasteiger partial charge in [0.05, 0.1) is 11.8 Å². The van der Waals surface area contributed by atoms with Crippen LogP contribution < -0.4 is 5.32 Å². The molecule has 18 heavy (non-hydrogen) atoms. The van der Waals surface area contributed by atoms with Gasteiger partial charge in [-0.1, -0.05) is 11.8 Å². The average molecular weight is 265 g/mol. The normalized spacial score (nSPS) is 17.8. The molecule has 1 aliphatic rings. The van der Waals surface area contributed by atoms with Crippen LogP contribution in [0.25, 0.3) is 0 Å². The first-order chi connectivity index (χ1) is 8.55. The first kappa shape index (κ1) is 12.9.